The average molecular weight is 328 g/mol. The summed E-state index contributed by atoms with van der Waals surface area (Å²) >= 11 is 2.27. The highest BCUT2D eigenvalue weighted by Gasteiger charge is 2.25. The van der Waals surface area contributed by atoms with Crippen molar-refractivity contribution in [1.82, 2.24) is 0 Å². The third-order valence-electron chi connectivity index (χ3n) is 3.44. The van der Waals surface area contributed by atoms with Crippen LogP contribution in [0.3, 0.4) is 0 Å². The molecular formula is C14H17IO. The molecule has 1 aliphatic rings. The topological polar surface area (TPSA) is 17.1 Å². The molecule has 0 N–H and O–H groups in total. The monoisotopic (exact) mass is 328 g/mol. The van der Waals surface area contributed by atoms with Crippen molar-refractivity contribution in [3.63, 3.8) is 0 Å². The van der Waals surface area contributed by atoms with Crippen molar-refractivity contribution in [1.29, 1.82) is 0 Å². The molecule has 2 atom stereocenters. The van der Waals surface area contributed by atoms with Gasteiger partial charge in [-0.3, -0.25) is 4.79 Å². The maximum absolute atomic E-state index is 12.3. The number of carbonyl (C=O) groups is 1. The second kappa shape index (κ2) is 5.30. The van der Waals surface area contributed by atoms with E-state index in [1.54, 1.807) is 0 Å². The minimum atomic E-state index is 0.267. The van der Waals surface area contributed by atoms with Crippen LogP contribution in [0.25, 0.3) is 0 Å². The molecule has 2 unspecified atom stereocenters. The van der Waals surface area contributed by atoms with Crippen molar-refractivity contribution in [2.24, 2.45) is 11.8 Å². The van der Waals surface area contributed by atoms with Crippen molar-refractivity contribution in [2.75, 3.05) is 0 Å². The van der Waals surface area contributed by atoms with Gasteiger partial charge >= 0.3 is 0 Å². The molecule has 1 nitrogen and oxygen atoms in total. The molecule has 86 valence electrons. The van der Waals surface area contributed by atoms with Gasteiger partial charge in [0.2, 0.25) is 0 Å². The fraction of sp³-hybridized carbons (Fsp3) is 0.500. The van der Waals surface area contributed by atoms with Gasteiger partial charge in [-0.1, -0.05) is 31.9 Å². The normalized spacial score (nSPS) is 25.4. The maximum Gasteiger partial charge on any atom is 0.165 e. The van der Waals surface area contributed by atoms with Gasteiger partial charge in [0, 0.05) is 15.1 Å². The molecule has 0 aromatic heterocycles. The average Bonchev–Trinajstić information content (AvgIpc) is 2.29. The molecule has 0 saturated heterocycles. The molecule has 1 fully saturated rings. The van der Waals surface area contributed by atoms with E-state index in [4.69, 9.17) is 0 Å². The Bertz CT molecular complexity index is 369. The molecule has 1 aromatic carbocycles. The molecule has 0 spiro atoms. The van der Waals surface area contributed by atoms with E-state index in [1.807, 2.05) is 24.3 Å². The number of Topliss-reactive ketones (excluding diaryl/α,β-unsaturated/α-hetero) is 1. The highest BCUT2D eigenvalue weighted by Crippen LogP contribution is 2.30. The van der Waals surface area contributed by atoms with Gasteiger partial charge in [0.15, 0.2) is 5.78 Å². The van der Waals surface area contributed by atoms with Crippen LogP contribution >= 0.6 is 22.6 Å². The Morgan fingerprint density at radius 3 is 2.56 bits per heavy atom. The van der Waals surface area contributed by atoms with Crippen molar-refractivity contribution in [3.05, 3.63) is 33.4 Å². The molecule has 2 rings (SSSR count). The van der Waals surface area contributed by atoms with E-state index in [-0.39, 0.29) is 5.92 Å². The van der Waals surface area contributed by atoms with Gasteiger partial charge < -0.3 is 0 Å². The molecule has 0 radical (unpaired) electrons. The van der Waals surface area contributed by atoms with Crippen LogP contribution in [-0.4, -0.2) is 5.78 Å². The first kappa shape index (κ1) is 12.1. The van der Waals surface area contributed by atoms with Crippen LogP contribution in [0.15, 0.2) is 24.3 Å². The van der Waals surface area contributed by atoms with Crippen LogP contribution in [0.1, 0.15) is 43.0 Å². The van der Waals surface area contributed by atoms with Gasteiger partial charge in [-0.25, -0.2) is 0 Å². The smallest absolute Gasteiger partial charge is 0.165 e. The number of hydrogen-bond donors (Lipinski definition) is 0. The third-order valence-corrected chi connectivity index (χ3v) is 4.16. The first-order chi connectivity index (χ1) is 7.66. The van der Waals surface area contributed by atoms with Gasteiger partial charge in [-0.15, -0.1) is 0 Å². The molecular weight excluding hydrogens is 311 g/mol. The minimum Gasteiger partial charge on any atom is -0.294 e. The molecule has 0 bridgehead atoms. The molecule has 16 heavy (non-hydrogen) atoms. The summed E-state index contributed by atoms with van der Waals surface area (Å²) < 4.78 is 1.19. The predicted molar refractivity (Wildman–Crippen MR) is 74.6 cm³/mol. The standard InChI is InChI=1S/C14H17IO/c1-10-3-2-4-12(9-10)14(16)11-5-7-13(15)8-6-11/h5-8,10,12H,2-4,9H2,1H3. The van der Waals surface area contributed by atoms with E-state index < -0.39 is 0 Å². The highest BCUT2D eigenvalue weighted by atomic mass is 127. The summed E-state index contributed by atoms with van der Waals surface area (Å²) in [6.07, 6.45) is 4.65. The number of halogens is 1. The molecule has 2 heteroatoms. The van der Waals surface area contributed by atoms with Crippen LogP contribution in [0.5, 0.6) is 0 Å². The second-order valence-electron chi connectivity index (χ2n) is 4.84. The zero-order valence-corrected chi connectivity index (χ0v) is 11.7. The van der Waals surface area contributed by atoms with Crippen molar-refractivity contribution in [3.8, 4) is 0 Å². The predicted octanol–water partition coefficient (Wildman–Crippen LogP) is 4.30. The van der Waals surface area contributed by atoms with Crippen LogP contribution in [0, 0.1) is 15.4 Å². The molecule has 1 aliphatic carbocycles. The lowest BCUT2D eigenvalue weighted by Gasteiger charge is -2.25. The Balaban J connectivity index is 2.09. The summed E-state index contributed by atoms with van der Waals surface area (Å²) in [6.45, 7) is 2.26. The number of ketones is 1. The first-order valence-corrected chi connectivity index (χ1v) is 7.04. The first-order valence-electron chi connectivity index (χ1n) is 5.96. The second-order valence-corrected chi connectivity index (χ2v) is 6.09. The SMILES string of the molecule is CC1CCCC(C(=O)c2ccc(I)cc2)C1. The zero-order chi connectivity index (χ0) is 11.5. The number of carbonyl (C=O) groups excluding carboxylic acids is 1. The number of benzene rings is 1. The molecule has 1 saturated carbocycles. The molecule has 0 amide bonds. The summed E-state index contributed by atoms with van der Waals surface area (Å²) in [7, 11) is 0. The fourth-order valence-electron chi connectivity index (χ4n) is 2.52. The van der Waals surface area contributed by atoms with Crippen molar-refractivity contribution in [2.45, 2.75) is 32.6 Å². The van der Waals surface area contributed by atoms with E-state index in [2.05, 4.69) is 29.5 Å². The summed E-state index contributed by atoms with van der Waals surface area (Å²) in [6, 6.07) is 7.95. The fourth-order valence-corrected chi connectivity index (χ4v) is 2.88. The van der Waals surface area contributed by atoms with Crippen molar-refractivity contribution < 1.29 is 4.79 Å². The molecule has 0 aliphatic heterocycles. The zero-order valence-electron chi connectivity index (χ0n) is 9.58. The van der Waals surface area contributed by atoms with E-state index in [0.717, 1.165) is 18.4 Å². The van der Waals surface area contributed by atoms with Gasteiger partial charge in [0.05, 0.1) is 0 Å². The third kappa shape index (κ3) is 2.84. The number of hydrogen-bond acceptors (Lipinski definition) is 1. The summed E-state index contributed by atoms with van der Waals surface area (Å²) in [5.41, 5.74) is 0.888. The van der Waals surface area contributed by atoms with Crippen LogP contribution in [-0.2, 0) is 0 Å². The molecule has 1 aromatic rings. The van der Waals surface area contributed by atoms with Crippen LogP contribution in [0.4, 0.5) is 0 Å². The Morgan fingerprint density at radius 1 is 1.25 bits per heavy atom. The lowest BCUT2D eigenvalue weighted by molar-refractivity contribution is 0.0868. The quantitative estimate of drug-likeness (QED) is 0.584. The Kier molecular flexibility index (Phi) is 4.00. The summed E-state index contributed by atoms with van der Waals surface area (Å²) in [4.78, 5) is 12.3. The van der Waals surface area contributed by atoms with Gasteiger partial charge in [-0.05, 0) is 53.5 Å². The highest BCUT2D eigenvalue weighted by molar-refractivity contribution is 14.1. The lowest BCUT2D eigenvalue weighted by Crippen LogP contribution is -2.21. The van der Waals surface area contributed by atoms with Crippen LogP contribution < -0.4 is 0 Å². The Labute approximate surface area is 111 Å². The van der Waals surface area contributed by atoms with E-state index >= 15 is 0 Å². The summed E-state index contributed by atoms with van der Waals surface area (Å²) in [5, 5.41) is 0. The van der Waals surface area contributed by atoms with Gasteiger partial charge in [-0.2, -0.15) is 0 Å². The lowest BCUT2D eigenvalue weighted by atomic mass is 9.79. The molecule has 0 heterocycles. The minimum absolute atomic E-state index is 0.267. The van der Waals surface area contributed by atoms with Crippen LogP contribution in [0.2, 0.25) is 0 Å². The Hall–Kier alpha value is -0.380. The summed E-state index contributed by atoms with van der Waals surface area (Å²) in [5.74, 6) is 1.33. The van der Waals surface area contributed by atoms with E-state index in [1.165, 1.54) is 16.4 Å². The number of rotatable bonds is 2. The van der Waals surface area contributed by atoms with Gasteiger partial charge in [0.1, 0.15) is 0 Å². The maximum atomic E-state index is 12.3. The van der Waals surface area contributed by atoms with E-state index in [0.29, 0.717) is 11.7 Å². The largest absolute Gasteiger partial charge is 0.294 e. The van der Waals surface area contributed by atoms with Gasteiger partial charge in [0.25, 0.3) is 0 Å². The Morgan fingerprint density at radius 2 is 1.94 bits per heavy atom. The van der Waals surface area contributed by atoms with E-state index in [9.17, 15) is 4.79 Å². The van der Waals surface area contributed by atoms with Crippen molar-refractivity contribution >= 4 is 28.4 Å².